The van der Waals surface area contributed by atoms with E-state index in [1.54, 1.807) is 30.0 Å². The SMILES string of the molecule is CBr.CC.CC(=O)N(Cc1ccccc1F)C1Cc2ccccc2C1. The number of fused-ring (bicyclic) bond motifs is 1. The fraction of sp³-hybridized carbons (Fsp3) is 0.381. The van der Waals surface area contributed by atoms with E-state index in [0.717, 1.165) is 12.8 Å². The Kier molecular flexibility index (Phi) is 9.43. The second-order valence-corrected chi connectivity index (χ2v) is 5.57. The smallest absolute Gasteiger partial charge is 0.220 e. The zero-order valence-corrected chi connectivity index (χ0v) is 17.0. The summed E-state index contributed by atoms with van der Waals surface area (Å²) in [4.78, 5) is 13.8. The van der Waals surface area contributed by atoms with E-state index in [0.29, 0.717) is 12.1 Å². The van der Waals surface area contributed by atoms with Crippen molar-refractivity contribution in [3.05, 3.63) is 71.0 Å². The minimum absolute atomic E-state index is 0.00365. The Morgan fingerprint density at radius 3 is 2.00 bits per heavy atom. The van der Waals surface area contributed by atoms with E-state index < -0.39 is 0 Å². The molecular weight excluding hydrogens is 381 g/mol. The fourth-order valence-electron chi connectivity index (χ4n) is 3.06. The highest BCUT2D eigenvalue weighted by atomic mass is 79.9. The van der Waals surface area contributed by atoms with E-state index in [4.69, 9.17) is 0 Å². The Morgan fingerprint density at radius 2 is 1.52 bits per heavy atom. The number of carbonyl (C=O) groups is 1. The summed E-state index contributed by atoms with van der Waals surface area (Å²) in [5, 5.41) is 0. The summed E-state index contributed by atoms with van der Waals surface area (Å²) >= 11 is 2.94. The molecule has 136 valence electrons. The third kappa shape index (κ3) is 5.67. The van der Waals surface area contributed by atoms with Gasteiger partial charge in [0.25, 0.3) is 0 Å². The van der Waals surface area contributed by atoms with Crippen LogP contribution in [0.4, 0.5) is 4.39 Å². The van der Waals surface area contributed by atoms with Crippen LogP contribution >= 0.6 is 15.9 Å². The Morgan fingerprint density at radius 1 is 1.04 bits per heavy atom. The number of alkyl halides is 1. The molecule has 0 unspecified atom stereocenters. The van der Waals surface area contributed by atoms with Gasteiger partial charge in [-0.25, -0.2) is 4.39 Å². The van der Waals surface area contributed by atoms with Crippen molar-refractivity contribution in [3.63, 3.8) is 0 Å². The molecule has 0 aliphatic heterocycles. The summed E-state index contributed by atoms with van der Waals surface area (Å²) < 4.78 is 13.8. The van der Waals surface area contributed by atoms with Crippen molar-refractivity contribution >= 4 is 21.8 Å². The van der Waals surface area contributed by atoms with E-state index >= 15 is 0 Å². The molecule has 1 amide bonds. The molecule has 0 saturated heterocycles. The number of carbonyl (C=O) groups excluding carboxylic acids is 1. The molecule has 0 N–H and O–H groups in total. The monoisotopic (exact) mass is 407 g/mol. The first kappa shape index (κ1) is 21.4. The molecule has 0 atom stereocenters. The summed E-state index contributed by atoms with van der Waals surface area (Å²) in [7, 11) is 0. The predicted octanol–water partition coefficient (Wildman–Crippen LogP) is 5.38. The zero-order valence-electron chi connectivity index (χ0n) is 15.4. The Balaban J connectivity index is 0.000000730. The summed E-state index contributed by atoms with van der Waals surface area (Å²) in [5.41, 5.74) is 3.16. The van der Waals surface area contributed by atoms with Crippen molar-refractivity contribution in [2.75, 3.05) is 5.83 Å². The van der Waals surface area contributed by atoms with Crippen molar-refractivity contribution in [2.24, 2.45) is 0 Å². The van der Waals surface area contributed by atoms with Crippen LogP contribution < -0.4 is 0 Å². The average molecular weight is 408 g/mol. The summed E-state index contributed by atoms with van der Waals surface area (Å²) in [6.07, 6.45) is 1.70. The molecule has 2 aromatic carbocycles. The Bertz CT molecular complexity index is 649. The van der Waals surface area contributed by atoms with E-state index in [-0.39, 0.29) is 17.8 Å². The van der Waals surface area contributed by atoms with Gasteiger partial charge < -0.3 is 4.90 Å². The first-order chi connectivity index (χ1) is 12.1. The van der Waals surface area contributed by atoms with Crippen molar-refractivity contribution < 1.29 is 9.18 Å². The fourth-order valence-corrected chi connectivity index (χ4v) is 3.06. The van der Waals surface area contributed by atoms with Crippen LogP contribution in [-0.2, 0) is 24.2 Å². The second-order valence-electron chi connectivity index (χ2n) is 5.57. The molecule has 0 heterocycles. The van der Waals surface area contributed by atoms with Gasteiger partial charge in [0.2, 0.25) is 5.91 Å². The molecule has 3 rings (SSSR count). The molecular formula is C21H27BrFNO. The van der Waals surface area contributed by atoms with E-state index in [1.165, 1.54) is 17.2 Å². The molecule has 0 bridgehead atoms. The van der Waals surface area contributed by atoms with Crippen LogP contribution in [0.5, 0.6) is 0 Å². The molecule has 1 aliphatic rings. The lowest BCUT2D eigenvalue weighted by molar-refractivity contribution is -0.131. The summed E-state index contributed by atoms with van der Waals surface area (Å²) in [5.74, 6) is 1.56. The normalized spacial score (nSPS) is 12.2. The third-order valence-corrected chi connectivity index (χ3v) is 4.17. The molecule has 0 spiro atoms. The van der Waals surface area contributed by atoms with Gasteiger partial charge in [0.05, 0.1) is 0 Å². The molecule has 25 heavy (non-hydrogen) atoms. The lowest BCUT2D eigenvalue weighted by Crippen LogP contribution is -2.39. The van der Waals surface area contributed by atoms with Crippen LogP contribution in [-0.4, -0.2) is 22.7 Å². The zero-order chi connectivity index (χ0) is 18.8. The second kappa shape index (κ2) is 11.0. The van der Waals surface area contributed by atoms with Crippen LogP contribution in [0.15, 0.2) is 48.5 Å². The van der Waals surface area contributed by atoms with E-state index in [9.17, 15) is 9.18 Å². The van der Waals surface area contributed by atoms with Gasteiger partial charge in [-0.3, -0.25) is 4.79 Å². The molecule has 1 aliphatic carbocycles. The van der Waals surface area contributed by atoms with Gasteiger partial charge in [-0.2, -0.15) is 0 Å². The molecule has 0 fully saturated rings. The average Bonchev–Trinajstić information content (AvgIpc) is 3.07. The van der Waals surface area contributed by atoms with Crippen LogP contribution in [0.1, 0.15) is 37.5 Å². The molecule has 0 radical (unpaired) electrons. The molecule has 2 aromatic rings. The lowest BCUT2D eigenvalue weighted by atomic mass is 10.1. The third-order valence-electron chi connectivity index (χ3n) is 4.17. The number of halogens is 2. The number of hydrogen-bond acceptors (Lipinski definition) is 1. The van der Waals surface area contributed by atoms with Gasteiger partial charge in [0.1, 0.15) is 5.82 Å². The Hall–Kier alpha value is -1.68. The number of amides is 1. The highest BCUT2D eigenvalue weighted by molar-refractivity contribution is 9.08. The predicted molar refractivity (Wildman–Crippen MR) is 106 cm³/mol. The quantitative estimate of drug-likeness (QED) is 0.625. The topological polar surface area (TPSA) is 20.3 Å². The number of nitrogens with zero attached hydrogens (tertiary/aromatic N) is 1. The van der Waals surface area contributed by atoms with Gasteiger partial charge in [-0.05, 0) is 35.9 Å². The minimum atomic E-state index is -0.251. The highest BCUT2D eigenvalue weighted by Gasteiger charge is 2.28. The van der Waals surface area contributed by atoms with Gasteiger partial charge in [0, 0.05) is 25.1 Å². The first-order valence-electron chi connectivity index (χ1n) is 8.60. The molecule has 4 heteroatoms. The van der Waals surface area contributed by atoms with Gasteiger partial charge in [0.15, 0.2) is 0 Å². The molecule has 2 nitrogen and oxygen atoms in total. The van der Waals surface area contributed by atoms with Crippen LogP contribution in [0, 0.1) is 5.82 Å². The minimum Gasteiger partial charge on any atom is -0.335 e. The van der Waals surface area contributed by atoms with E-state index in [2.05, 4.69) is 28.1 Å². The Labute approximate surface area is 159 Å². The maximum atomic E-state index is 13.8. The van der Waals surface area contributed by atoms with Crippen LogP contribution in [0.25, 0.3) is 0 Å². The van der Waals surface area contributed by atoms with Crippen LogP contribution in [0.2, 0.25) is 0 Å². The van der Waals surface area contributed by atoms with Crippen molar-refractivity contribution in [1.29, 1.82) is 0 Å². The van der Waals surface area contributed by atoms with E-state index in [1.807, 2.05) is 31.8 Å². The number of hydrogen-bond donors (Lipinski definition) is 0. The number of rotatable bonds is 3. The van der Waals surface area contributed by atoms with Crippen molar-refractivity contribution in [2.45, 2.75) is 46.2 Å². The van der Waals surface area contributed by atoms with Crippen molar-refractivity contribution in [3.8, 4) is 0 Å². The summed E-state index contributed by atoms with van der Waals surface area (Å²) in [6.45, 7) is 5.89. The lowest BCUT2D eigenvalue weighted by Gasteiger charge is -2.28. The molecule has 0 saturated carbocycles. The maximum Gasteiger partial charge on any atom is 0.220 e. The standard InChI is InChI=1S/C18H18FNO.C2H6.CH3Br/c1-13(21)20(12-16-8-4-5-9-18(16)19)17-10-14-6-2-3-7-15(14)11-17;2*1-2/h2-9,17H,10-12H2,1H3;1-2H3;1H3. The van der Waals surface area contributed by atoms with Crippen LogP contribution in [0.3, 0.4) is 0 Å². The highest BCUT2D eigenvalue weighted by Crippen LogP contribution is 2.27. The molecule has 0 aromatic heterocycles. The van der Waals surface area contributed by atoms with Gasteiger partial charge in [-0.15, -0.1) is 0 Å². The number of benzene rings is 2. The largest absolute Gasteiger partial charge is 0.335 e. The van der Waals surface area contributed by atoms with Gasteiger partial charge >= 0.3 is 0 Å². The maximum absolute atomic E-state index is 13.8. The van der Waals surface area contributed by atoms with Gasteiger partial charge in [-0.1, -0.05) is 72.2 Å². The summed E-state index contributed by atoms with van der Waals surface area (Å²) in [6, 6.07) is 15.0. The van der Waals surface area contributed by atoms with Crippen molar-refractivity contribution in [1.82, 2.24) is 4.90 Å². The first-order valence-corrected chi connectivity index (χ1v) is 10.2.